The predicted molar refractivity (Wildman–Crippen MR) is 176 cm³/mol. The Morgan fingerprint density at radius 2 is 1.76 bits per heavy atom. The number of hydrogen-bond donors (Lipinski definition) is 1. The van der Waals surface area contributed by atoms with Gasteiger partial charge < -0.3 is 19.5 Å². The number of esters is 1. The minimum Gasteiger partial charge on any atom is -0.490 e. The highest BCUT2D eigenvalue weighted by Crippen LogP contribution is 2.38. The zero-order valence-electron chi connectivity index (χ0n) is 24.6. The van der Waals surface area contributed by atoms with E-state index in [9.17, 15) is 19.2 Å². The number of nitrogens with zero attached hydrogens (tertiary/aromatic N) is 1. The quantitative estimate of drug-likeness (QED) is 0.113. The number of halogens is 2. The Morgan fingerprint density at radius 1 is 1.00 bits per heavy atom. The van der Waals surface area contributed by atoms with Crippen molar-refractivity contribution in [2.24, 2.45) is 0 Å². The number of nitrogens with one attached hydrogen (secondary N) is 1. The predicted octanol–water partition coefficient (Wildman–Crippen LogP) is 7.55. The van der Waals surface area contributed by atoms with Gasteiger partial charge in [-0.15, -0.1) is 6.58 Å². The van der Waals surface area contributed by atoms with E-state index in [-0.39, 0.29) is 34.4 Å². The van der Waals surface area contributed by atoms with Crippen molar-refractivity contribution >= 4 is 69.8 Å². The third-order valence-corrected chi connectivity index (χ3v) is 7.82. The molecule has 0 spiro atoms. The summed E-state index contributed by atoms with van der Waals surface area (Å²) in [5.41, 5.74) is 2.64. The third-order valence-electron chi connectivity index (χ3n) is 6.33. The van der Waals surface area contributed by atoms with Crippen molar-refractivity contribution in [1.82, 2.24) is 4.90 Å². The second-order valence-corrected chi connectivity index (χ2v) is 11.4. The smallest absolute Gasteiger partial charge is 0.339 e. The Bertz CT molecular complexity index is 1660. The van der Waals surface area contributed by atoms with Crippen LogP contribution in [0.25, 0.3) is 6.08 Å². The van der Waals surface area contributed by atoms with E-state index in [2.05, 4.69) is 11.9 Å². The zero-order valence-corrected chi connectivity index (χ0v) is 26.9. The molecule has 0 saturated carbocycles. The molecule has 1 aliphatic heterocycles. The summed E-state index contributed by atoms with van der Waals surface area (Å²) in [7, 11) is 0. The van der Waals surface area contributed by atoms with Gasteiger partial charge >= 0.3 is 5.97 Å². The van der Waals surface area contributed by atoms with E-state index in [0.29, 0.717) is 35.1 Å². The van der Waals surface area contributed by atoms with Crippen LogP contribution >= 0.6 is 35.0 Å². The Hall–Kier alpha value is -4.25. The molecule has 0 bridgehead atoms. The van der Waals surface area contributed by atoms with Crippen LogP contribution in [0.15, 0.2) is 72.2 Å². The lowest BCUT2D eigenvalue weighted by Gasteiger charge is -2.17. The lowest BCUT2D eigenvalue weighted by Crippen LogP contribution is -2.36. The monoisotopic (exact) mass is 668 g/mol. The van der Waals surface area contributed by atoms with E-state index in [1.54, 1.807) is 37.3 Å². The van der Waals surface area contributed by atoms with Crippen molar-refractivity contribution in [2.75, 3.05) is 25.1 Å². The largest absolute Gasteiger partial charge is 0.490 e. The standard InChI is InChI=1S/C33H30Cl2N2O7S/c1-4-7-22-14-21(15-27(42-5-2)30(22)44-19-20-8-10-23(34)11-9-20)16-28-31(39)37(33(41)45-28)18-29(38)36-24-12-13-26(35)25(17-24)32(40)43-6-3/h4,8-17H,1,5-7,18-19H2,2-3H3,(H,36,38)/b28-16-. The minimum absolute atomic E-state index is 0.0778. The van der Waals surface area contributed by atoms with Crippen LogP contribution < -0.4 is 14.8 Å². The maximum atomic E-state index is 13.2. The second-order valence-electron chi connectivity index (χ2n) is 9.58. The highest BCUT2D eigenvalue weighted by molar-refractivity contribution is 8.18. The maximum Gasteiger partial charge on any atom is 0.339 e. The van der Waals surface area contributed by atoms with Crippen molar-refractivity contribution in [3.05, 3.63) is 104 Å². The van der Waals surface area contributed by atoms with Gasteiger partial charge in [0.2, 0.25) is 5.91 Å². The first-order valence-corrected chi connectivity index (χ1v) is 15.5. The number of carbonyl (C=O) groups excluding carboxylic acids is 4. The number of ether oxygens (including phenoxy) is 3. The lowest BCUT2D eigenvalue weighted by molar-refractivity contribution is -0.127. The summed E-state index contributed by atoms with van der Waals surface area (Å²) in [6, 6.07) is 15.2. The molecule has 0 aromatic heterocycles. The first kappa shape index (κ1) is 33.6. The second kappa shape index (κ2) is 15.7. The number of thioether (sulfide) groups is 1. The molecule has 0 atom stereocenters. The number of rotatable bonds is 13. The fraction of sp³-hybridized carbons (Fsp3) is 0.212. The molecule has 1 fully saturated rings. The van der Waals surface area contributed by atoms with Gasteiger partial charge in [-0.2, -0.15) is 0 Å². The Balaban J connectivity index is 1.51. The molecular formula is C33H30Cl2N2O7S. The molecule has 1 heterocycles. The van der Waals surface area contributed by atoms with Gasteiger partial charge in [-0.05, 0) is 91.7 Å². The summed E-state index contributed by atoms with van der Waals surface area (Å²) in [5.74, 6) is -0.873. The van der Waals surface area contributed by atoms with Gasteiger partial charge in [-0.25, -0.2) is 4.79 Å². The fourth-order valence-corrected chi connectivity index (χ4v) is 5.50. The van der Waals surface area contributed by atoms with Crippen LogP contribution in [0.5, 0.6) is 11.5 Å². The SMILES string of the molecule is C=CCc1cc(/C=C2\SC(=O)N(CC(=O)Nc3ccc(Cl)c(C(=O)OCC)c3)C2=O)cc(OCC)c1OCc1ccc(Cl)cc1. The molecule has 0 aliphatic carbocycles. The molecule has 12 heteroatoms. The van der Waals surface area contributed by atoms with Crippen molar-refractivity contribution < 1.29 is 33.4 Å². The third kappa shape index (κ3) is 8.69. The number of carbonyl (C=O) groups is 4. The molecule has 1 N–H and O–H groups in total. The van der Waals surface area contributed by atoms with Gasteiger partial charge in [-0.3, -0.25) is 19.3 Å². The lowest BCUT2D eigenvalue weighted by atomic mass is 10.0. The average Bonchev–Trinajstić information content (AvgIpc) is 3.26. The number of hydrogen-bond acceptors (Lipinski definition) is 8. The average molecular weight is 670 g/mol. The van der Waals surface area contributed by atoms with Gasteiger partial charge in [-0.1, -0.05) is 41.4 Å². The van der Waals surface area contributed by atoms with Gasteiger partial charge in [0.05, 0.1) is 28.7 Å². The topological polar surface area (TPSA) is 111 Å². The molecule has 4 rings (SSSR count). The number of benzene rings is 3. The van der Waals surface area contributed by atoms with Crippen LogP contribution in [0.2, 0.25) is 10.0 Å². The summed E-state index contributed by atoms with van der Waals surface area (Å²) >= 11 is 12.8. The summed E-state index contributed by atoms with van der Waals surface area (Å²) in [4.78, 5) is 51.9. The van der Waals surface area contributed by atoms with Crippen LogP contribution in [0, 0.1) is 0 Å². The molecule has 1 aliphatic rings. The van der Waals surface area contributed by atoms with E-state index in [1.165, 1.54) is 18.2 Å². The van der Waals surface area contributed by atoms with Gasteiger partial charge in [0.15, 0.2) is 11.5 Å². The summed E-state index contributed by atoms with van der Waals surface area (Å²) in [6.45, 7) is 7.64. The normalized spacial score (nSPS) is 13.6. The van der Waals surface area contributed by atoms with Crippen molar-refractivity contribution in [1.29, 1.82) is 0 Å². The van der Waals surface area contributed by atoms with E-state index in [0.717, 1.165) is 27.8 Å². The Morgan fingerprint density at radius 3 is 2.44 bits per heavy atom. The number of allylic oxidation sites excluding steroid dienone is 1. The van der Waals surface area contributed by atoms with Crippen LogP contribution in [0.4, 0.5) is 10.5 Å². The molecule has 3 aromatic carbocycles. The molecular weight excluding hydrogens is 639 g/mol. The molecule has 0 radical (unpaired) electrons. The van der Waals surface area contributed by atoms with Gasteiger partial charge in [0.25, 0.3) is 11.1 Å². The van der Waals surface area contributed by atoms with Gasteiger partial charge in [0, 0.05) is 16.3 Å². The van der Waals surface area contributed by atoms with Crippen molar-refractivity contribution in [2.45, 2.75) is 26.9 Å². The maximum absolute atomic E-state index is 13.2. The molecule has 9 nitrogen and oxygen atoms in total. The minimum atomic E-state index is -0.639. The first-order chi connectivity index (χ1) is 21.6. The molecule has 0 unspecified atom stereocenters. The van der Waals surface area contributed by atoms with Crippen LogP contribution in [-0.2, 0) is 27.4 Å². The van der Waals surface area contributed by atoms with Crippen LogP contribution in [0.3, 0.4) is 0 Å². The highest BCUT2D eigenvalue weighted by atomic mass is 35.5. The number of anilines is 1. The Kier molecular flexibility index (Phi) is 11.7. The van der Waals surface area contributed by atoms with E-state index in [1.807, 2.05) is 25.1 Å². The summed E-state index contributed by atoms with van der Waals surface area (Å²) in [5, 5.41) is 2.78. The Labute approximate surface area is 275 Å². The molecule has 3 amide bonds. The molecule has 1 saturated heterocycles. The van der Waals surface area contributed by atoms with Crippen LogP contribution in [0.1, 0.15) is 40.9 Å². The first-order valence-electron chi connectivity index (χ1n) is 13.9. The number of amides is 3. The fourth-order valence-electron chi connectivity index (χ4n) is 4.34. The summed E-state index contributed by atoms with van der Waals surface area (Å²) < 4.78 is 17.0. The summed E-state index contributed by atoms with van der Waals surface area (Å²) in [6.07, 6.45) is 3.76. The zero-order chi connectivity index (χ0) is 32.5. The van der Waals surface area contributed by atoms with E-state index >= 15 is 0 Å². The van der Waals surface area contributed by atoms with E-state index in [4.69, 9.17) is 37.4 Å². The number of imide groups is 1. The van der Waals surface area contributed by atoms with Crippen LogP contribution in [-0.4, -0.2) is 47.7 Å². The van der Waals surface area contributed by atoms with Gasteiger partial charge in [0.1, 0.15) is 13.2 Å². The molecule has 45 heavy (non-hydrogen) atoms. The van der Waals surface area contributed by atoms with E-state index < -0.39 is 29.6 Å². The molecule has 234 valence electrons. The van der Waals surface area contributed by atoms with Crippen molar-refractivity contribution in [3.8, 4) is 11.5 Å². The van der Waals surface area contributed by atoms with Crippen molar-refractivity contribution in [3.63, 3.8) is 0 Å². The highest BCUT2D eigenvalue weighted by Gasteiger charge is 2.36. The molecule has 3 aromatic rings.